The summed E-state index contributed by atoms with van der Waals surface area (Å²) >= 11 is 0. The third-order valence-electron chi connectivity index (χ3n) is 6.27. The Morgan fingerprint density at radius 1 is 1.03 bits per heavy atom. The van der Waals surface area contributed by atoms with E-state index in [1.165, 1.54) is 12.1 Å². The molecule has 2 heterocycles. The van der Waals surface area contributed by atoms with E-state index in [2.05, 4.69) is 15.5 Å². The summed E-state index contributed by atoms with van der Waals surface area (Å²) in [6, 6.07) is 15.7. The molecule has 3 aromatic rings. The van der Waals surface area contributed by atoms with E-state index in [1.54, 1.807) is 0 Å². The molecule has 2 amide bonds. The average molecular weight is 487 g/mol. The lowest BCUT2D eigenvalue weighted by Gasteiger charge is -2.32. The van der Waals surface area contributed by atoms with E-state index in [-0.39, 0.29) is 18.7 Å². The van der Waals surface area contributed by atoms with Crippen LogP contribution in [0.25, 0.3) is 5.69 Å². The van der Waals surface area contributed by atoms with Crippen LogP contribution in [0.3, 0.4) is 0 Å². The van der Waals surface area contributed by atoms with Gasteiger partial charge in [0.25, 0.3) is 0 Å². The molecule has 1 atom stereocenters. The zero-order valence-corrected chi connectivity index (χ0v) is 19.2. The number of alkyl halides is 3. The van der Waals surface area contributed by atoms with E-state index in [0.717, 1.165) is 55.7 Å². The number of carbonyl (C=O) groups excluding carboxylic acids is 1. The number of benzene rings is 2. The van der Waals surface area contributed by atoms with Crippen molar-refractivity contribution < 1.29 is 23.1 Å². The van der Waals surface area contributed by atoms with Gasteiger partial charge in [-0.1, -0.05) is 30.3 Å². The van der Waals surface area contributed by atoms with E-state index in [9.17, 15) is 23.1 Å². The van der Waals surface area contributed by atoms with E-state index >= 15 is 0 Å². The average Bonchev–Trinajstić information content (AvgIpc) is 3.32. The molecular formula is C26H29F3N4O2. The first-order valence-electron chi connectivity index (χ1n) is 11.6. The Balaban J connectivity index is 1.24. The summed E-state index contributed by atoms with van der Waals surface area (Å²) in [6.45, 7) is 2.19. The molecule has 186 valence electrons. The number of likely N-dealkylation sites (tertiary alicyclic amines) is 1. The van der Waals surface area contributed by atoms with Crippen LogP contribution >= 0.6 is 0 Å². The van der Waals surface area contributed by atoms with Crippen LogP contribution in [0.15, 0.2) is 73.1 Å². The largest absolute Gasteiger partial charge is 0.416 e. The lowest BCUT2D eigenvalue weighted by atomic mass is 10.0. The molecule has 0 aliphatic carbocycles. The fourth-order valence-corrected chi connectivity index (χ4v) is 4.32. The van der Waals surface area contributed by atoms with Gasteiger partial charge in [-0.15, -0.1) is 0 Å². The van der Waals surface area contributed by atoms with Gasteiger partial charge in [0.2, 0.25) is 0 Å². The predicted octanol–water partition coefficient (Wildman–Crippen LogP) is 4.49. The van der Waals surface area contributed by atoms with E-state index in [4.69, 9.17) is 0 Å². The van der Waals surface area contributed by atoms with Crippen molar-refractivity contribution in [2.45, 2.75) is 37.6 Å². The standard InChI is InChI=1S/C26H29F3N4O2/c27-26(28,29)21-6-8-23(9-7-21)33-15-10-19(17-33)16-32-13-11-22(12-14-32)30-25(35)31-24(18-34)20-4-2-1-3-5-20/h1-10,15,17,22,24,34H,11-14,16,18H2,(H2,30,31,35)/t24-/m0/s1. The van der Waals surface area contributed by atoms with Crippen molar-refractivity contribution in [2.24, 2.45) is 0 Å². The molecule has 2 aromatic carbocycles. The minimum atomic E-state index is -4.34. The van der Waals surface area contributed by atoms with Crippen LogP contribution in [0, 0.1) is 0 Å². The molecule has 3 N–H and O–H groups in total. The molecule has 35 heavy (non-hydrogen) atoms. The number of aliphatic hydroxyl groups is 1. The van der Waals surface area contributed by atoms with Crippen molar-refractivity contribution >= 4 is 6.03 Å². The van der Waals surface area contributed by atoms with Gasteiger partial charge in [-0.25, -0.2) is 4.79 Å². The van der Waals surface area contributed by atoms with Crippen LogP contribution in [-0.2, 0) is 12.7 Å². The smallest absolute Gasteiger partial charge is 0.394 e. The third-order valence-corrected chi connectivity index (χ3v) is 6.27. The maximum absolute atomic E-state index is 12.8. The van der Waals surface area contributed by atoms with Crippen molar-refractivity contribution in [1.82, 2.24) is 20.1 Å². The van der Waals surface area contributed by atoms with Crippen LogP contribution in [0.2, 0.25) is 0 Å². The number of urea groups is 1. The second kappa shape index (κ2) is 11.0. The molecular weight excluding hydrogens is 457 g/mol. The summed E-state index contributed by atoms with van der Waals surface area (Å²) in [6.07, 6.45) is 1.05. The van der Waals surface area contributed by atoms with E-state index in [0.29, 0.717) is 5.69 Å². The Hall–Kier alpha value is -3.30. The van der Waals surface area contributed by atoms with Gasteiger partial charge in [0.15, 0.2) is 0 Å². The quantitative estimate of drug-likeness (QED) is 0.461. The Labute approximate surface area is 202 Å². The Morgan fingerprint density at radius 3 is 2.34 bits per heavy atom. The number of aliphatic hydroxyl groups excluding tert-OH is 1. The number of aromatic nitrogens is 1. The molecule has 0 radical (unpaired) electrons. The summed E-state index contributed by atoms with van der Waals surface area (Å²) < 4.78 is 40.2. The number of amides is 2. The second-order valence-corrected chi connectivity index (χ2v) is 8.79. The maximum atomic E-state index is 12.8. The number of hydrogen-bond donors (Lipinski definition) is 3. The topological polar surface area (TPSA) is 69.5 Å². The van der Waals surface area contributed by atoms with E-state index < -0.39 is 17.8 Å². The number of halogens is 3. The monoisotopic (exact) mass is 486 g/mol. The highest BCUT2D eigenvalue weighted by Gasteiger charge is 2.30. The van der Waals surface area contributed by atoms with Crippen LogP contribution in [0.5, 0.6) is 0 Å². The van der Waals surface area contributed by atoms with Crippen LogP contribution in [0.1, 0.15) is 35.6 Å². The van der Waals surface area contributed by atoms with Crippen LogP contribution in [-0.4, -0.2) is 46.3 Å². The SMILES string of the molecule is O=C(NC1CCN(Cc2ccn(-c3ccc(C(F)(F)F)cc3)c2)CC1)N[C@@H](CO)c1ccccc1. The summed E-state index contributed by atoms with van der Waals surface area (Å²) in [5.74, 6) is 0. The van der Waals surface area contributed by atoms with Crippen LogP contribution < -0.4 is 10.6 Å². The lowest BCUT2D eigenvalue weighted by Crippen LogP contribution is -2.48. The number of rotatable bonds is 7. The Kier molecular flexibility index (Phi) is 7.77. The molecule has 6 nitrogen and oxygen atoms in total. The minimum Gasteiger partial charge on any atom is -0.394 e. The van der Waals surface area contributed by atoms with Crippen molar-refractivity contribution in [3.8, 4) is 5.69 Å². The summed E-state index contributed by atoms with van der Waals surface area (Å²) in [7, 11) is 0. The highest BCUT2D eigenvalue weighted by Crippen LogP contribution is 2.29. The van der Waals surface area contributed by atoms with Crippen LogP contribution in [0.4, 0.5) is 18.0 Å². The van der Waals surface area contributed by atoms with Gasteiger partial charge >= 0.3 is 12.2 Å². The highest BCUT2D eigenvalue weighted by atomic mass is 19.4. The zero-order valence-electron chi connectivity index (χ0n) is 19.2. The Bertz CT molecular complexity index is 1090. The number of nitrogens with one attached hydrogen (secondary N) is 2. The first-order chi connectivity index (χ1) is 16.8. The molecule has 1 fully saturated rings. The molecule has 0 unspecified atom stereocenters. The van der Waals surface area contributed by atoms with Crippen molar-refractivity contribution in [2.75, 3.05) is 19.7 Å². The van der Waals surface area contributed by atoms with Gasteiger partial charge in [0.1, 0.15) is 0 Å². The normalized spacial score (nSPS) is 16.1. The number of carbonyl (C=O) groups is 1. The Morgan fingerprint density at radius 2 is 1.71 bits per heavy atom. The van der Waals surface area contributed by atoms with Gasteiger partial charge in [0.05, 0.1) is 18.2 Å². The van der Waals surface area contributed by atoms with Gasteiger partial charge in [-0.2, -0.15) is 13.2 Å². The first-order valence-corrected chi connectivity index (χ1v) is 11.6. The predicted molar refractivity (Wildman–Crippen MR) is 127 cm³/mol. The molecule has 1 aliphatic heterocycles. The molecule has 0 spiro atoms. The second-order valence-electron chi connectivity index (χ2n) is 8.79. The highest BCUT2D eigenvalue weighted by molar-refractivity contribution is 5.74. The van der Waals surface area contributed by atoms with Gasteiger partial charge in [0, 0.05) is 43.8 Å². The van der Waals surface area contributed by atoms with Crippen molar-refractivity contribution in [1.29, 1.82) is 0 Å². The third kappa shape index (κ3) is 6.64. The molecule has 0 bridgehead atoms. The molecule has 0 saturated carbocycles. The van der Waals surface area contributed by atoms with Gasteiger partial charge < -0.3 is 20.3 Å². The molecule has 1 aliphatic rings. The number of hydrogen-bond acceptors (Lipinski definition) is 3. The minimum absolute atomic E-state index is 0.0538. The molecule has 4 rings (SSSR count). The first kappa shape index (κ1) is 24.8. The van der Waals surface area contributed by atoms with Gasteiger partial charge in [-0.05, 0) is 54.3 Å². The summed E-state index contributed by atoms with van der Waals surface area (Å²) in [4.78, 5) is 14.7. The molecule has 9 heteroatoms. The fraction of sp³-hybridized carbons (Fsp3) is 0.346. The molecule has 1 aromatic heterocycles. The summed E-state index contributed by atoms with van der Waals surface area (Å²) in [5.41, 5.74) is 1.94. The number of nitrogens with zero attached hydrogens (tertiary/aromatic N) is 2. The zero-order chi connectivity index (χ0) is 24.8. The van der Waals surface area contributed by atoms with E-state index in [1.807, 2.05) is 53.4 Å². The van der Waals surface area contributed by atoms with Crippen molar-refractivity contribution in [3.05, 3.63) is 89.7 Å². The fourth-order valence-electron chi connectivity index (χ4n) is 4.32. The number of piperidine rings is 1. The molecule has 1 saturated heterocycles. The van der Waals surface area contributed by atoms with Crippen molar-refractivity contribution in [3.63, 3.8) is 0 Å². The lowest BCUT2D eigenvalue weighted by molar-refractivity contribution is -0.137. The summed E-state index contributed by atoms with van der Waals surface area (Å²) in [5, 5.41) is 15.5. The maximum Gasteiger partial charge on any atom is 0.416 e. The van der Waals surface area contributed by atoms with Gasteiger partial charge in [-0.3, -0.25) is 4.90 Å².